The maximum atomic E-state index is 9.07. The molecule has 0 aliphatic rings. The second-order valence-corrected chi connectivity index (χ2v) is 4.53. The predicted molar refractivity (Wildman–Crippen MR) is 85.6 cm³/mol. The molecule has 0 aliphatic carbocycles. The van der Waals surface area contributed by atoms with E-state index in [1.165, 1.54) is 5.56 Å². The van der Waals surface area contributed by atoms with Gasteiger partial charge in [0.2, 0.25) is 0 Å². The first-order valence-corrected chi connectivity index (χ1v) is 6.80. The average molecular weight is 275 g/mol. The van der Waals surface area contributed by atoms with Crippen molar-refractivity contribution < 1.29 is 0 Å². The summed E-state index contributed by atoms with van der Waals surface area (Å²) in [5, 5.41) is 12.2. The molecule has 0 fully saturated rings. The second kappa shape index (κ2) is 8.34. The van der Waals surface area contributed by atoms with Crippen LogP contribution in [0.3, 0.4) is 0 Å². The van der Waals surface area contributed by atoms with Gasteiger partial charge >= 0.3 is 0 Å². The minimum atomic E-state index is 0.516. The van der Waals surface area contributed by atoms with Gasteiger partial charge in [-0.2, -0.15) is 5.26 Å². The summed E-state index contributed by atoms with van der Waals surface area (Å²) >= 11 is 0. The van der Waals surface area contributed by atoms with Crippen LogP contribution in [0.5, 0.6) is 0 Å². The van der Waals surface area contributed by atoms with E-state index in [2.05, 4.69) is 16.4 Å². The number of nitrogens with zero attached hydrogens (tertiary/aromatic N) is 2. The lowest BCUT2D eigenvalue weighted by Crippen LogP contribution is -2.06. The van der Waals surface area contributed by atoms with Gasteiger partial charge in [0.25, 0.3) is 0 Å². The maximum Gasteiger partial charge on any atom is 0.102 e. The average Bonchev–Trinajstić information content (AvgIpc) is 2.55. The molecule has 0 spiro atoms. The van der Waals surface area contributed by atoms with Crippen molar-refractivity contribution in [3.05, 3.63) is 83.6 Å². The molecular formula is C18H17N3. The van der Waals surface area contributed by atoms with E-state index in [-0.39, 0.29) is 0 Å². The van der Waals surface area contributed by atoms with Crippen LogP contribution in [0, 0.1) is 11.3 Å². The Kier molecular flexibility index (Phi) is 5.78. The van der Waals surface area contributed by atoms with Crippen molar-refractivity contribution in [1.82, 2.24) is 5.32 Å². The summed E-state index contributed by atoms with van der Waals surface area (Å²) < 4.78 is 0. The highest BCUT2D eigenvalue weighted by Gasteiger charge is 1.92. The fourth-order valence-electron chi connectivity index (χ4n) is 1.81. The molecule has 0 atom stereocenters. The largest absolute Gasteiger partial charge is 0.386 e. The SMILES string of the molecule is N#C/C(C=NCc1ccccc1)=C\NCc1ccccc1. The van der Waals surface area contributed by atoms with Gasteiger partial charge in [0.05, 0.1) is 12.1 Å². The van der Waals surface area contributed by atoms with Crippen molar-refractivity contribution in [1.29, 1.82) is 5.26 Å². The molecule has 2 aromatic carbocycles. The molecule has 3 nitrogen and oxygen atoms in total. The molecule has 0 radical (unpaired) electrons. The number of hydrogen-bond donors (Lipinski definition) is 1. The summed E-state index contributed by atoms with van der Waals surface area (Å²) in [6, 6.07) is 22.1. The Morgan fingerprint density at radius 3 is 2.24 bits per heavy atom. The molecule has 0 unspecified atom stereocenters. The molecule has 0 heterocycles. The third-order valence-corrected chi connectivity index (χ3v) is 2.88. The first-order chi connectivity index (χ1) is 10.4. The molecule has 0 amide bonds. The van der Waals surface area contributed by atoms with Gasteiger partial charge in [0.15, 0.2) is 0 Å². The second-order valence-electron chi connectivity index (χ2n) is 4.53. The van der Waals surface area contributed by atoms with Gasteiger partial charge in [-0.05, 0) is 11.1 Å². The van der Waals surface area contributed by atoms with Crippen molar-refractivity contribution in [3.8, 4) is 6.07 Å². The molecule has 2 rings (SSSR count). The first kappa shape index (κ1) is 14.5. The predicted octanol–water partition coefficient (Wildman–Crippen LogP) is 3.45. The molecule has 0 saturated carbocycles. The topological polar surface area (TPSA) is 48.2 Å². The summed E-state index contributed by atoms with van der Waals surface area (Å²) in [5.74, 6) is 0. The van der Waals surface area contributed by atoms with E-state index in [4.69, 9.17) is 5.26 Å². The lowest BCUT2D eigenvalue weighted by Gasteiger charge is -2.00. The van der Waals surface area contributed by atoms with Crippen molar-refractivity contribution in [2.45, 2.75) is 13.1 Å². The number of allylic oxidation sites excluding steroid dienone is 1. The quantitative estimate of drug-likeness (QED) is 0.648. The van der Waals surface area contributed by atoms with E-state index in [0.717, 1.165) is 5.56 Å². The van der Waals surface area contributed by atoms with Crippen LogP contribution in [0.1, 0.15) is 11.1 Å². The Labute approximate surface area is 125 Å². The number of rotatable bonds is 6. The fourth-order valence-corrected chi connectivity index (χ4v) is 1.81. The Morgan fingerprint density at radius 2 is 1.62 bits per heavy atom. The Balaban J connectivity index is 1.85. The van der Waals surface area contributed by atoms with E-state index in [0.29, 0.717) is 18.7 Å². The number of benzene rings is 2. The van der Waals surface area contributed by atoms with Crippen LogP contribution in [-0.2, 0) is 13.1 Å². The first-order valence-electron chi connectivity index (χ1n) is 6.80. The van der Waals surface area contributed by atoms with Crippen molar-refractivity contribution >= 4 is 6.21 Å². The lowest BCUT2D eigenvalue weighted by atomic mass is 10.2. The minimum absolute atomic E-state index is 0.516. The van der Waals surface area contributed by atoms with Gasteiger partial charge in [-0.1, -0.05) is 60.7 Å². The molecule has 2 aromatic rings. The van der Waals surface area contributed by atoms with Crippen LogP contribution in [0.25, 0.3) is 0 Å². The van der Waals surface area contributed by atoms with Crippen LogP contribution in [-0.4, -0.2) is 6.21 Å². The summed E-state index contributed by atoms with van der Waals surface area (Å²) in [6.07, 6.45) is 3.30. The third-order valence-electron chi connectivity index (χ3n) is 2.88. The van der Waals surface area contributed by atoms with Crippen LogP contribution in [0.2, 0.25) is 0 Å². The standard InChI is InChI=1S/C18H17N3/c19-11-18(14-20-12-16-7-3-1-4-8-16)15-21-13-17-9-5-2-6-10-17/h1-10,14-15,20H,12-13H2/b18-14+,21-15?. The van der Waals surface area contributed by atoms with Gasteiger partial charge in [0.1, 0.15) is 6.07 Å². The normalized spacial score (nSPS) is 11.3. The number of hydrogen-bond acceptors (Lipinski definition) is 3. The molecule has 3 heteroatoms. The fraction of sp³-hybridized carbons (Fsp3) is 0.111. The number of nitrogens with one attached hydrogen (secondary N) is 1. The van der Waals surface area contributed by atoms with Crippen LogP contribution < -0.4 is 5.32 Å². The zero-order chi connectivity index (χ0) is 14.8. The highest BCUT2D eigenvalue weighted by atomic mass is 14.8. The van der Waals surface area contributed by atoms with E-state index in [1.54, 1.807) is 12.4 Å². The van der Waals surface area contributed by atoms with Crippen LogP contribution in [0.15, 0.2) is 77.4 Å². The molecule has 0 bridgehead atoms. The highest BCUT2D eigenvalue weighted by molar-refractivity contribution is 5.83. The van der Waals surface area contributed by atoms with E-state index in [1.807, 2.05) is 60.7 Å². The Hall–Kier alpha value is -2.86. The monoisotopic (exact) mass is 275 g/mol. The molecule has 0 aromatic heterocycles. The summed E-state index contributed by atoms with van der Waals surface area (Å²) in [7, 11) is 0. The van der Waals surface area contributed by atoms with E-state index in [9.17, 15) is 0 Å². The van der Waals surface area contributed by atoms with Crippen LogP contribution in [0.4, 0.5) is 0 Å². The van der Waals surface area contributed by atoms with Crippen molar-refractivity contribution in [2.24, 2.45) is 4.99 Å². The molecule has 21 heavy (non-hydrogen) atoms. The number of nitriles is 1. The summed E-state index contributed by atoms with van der Waals surface area (Å²) in [6.45, 7) is 1.27. The zero-order valence-corrected chi connectivity index (χ0v) is 11.7. The third kappa shape index (κ3) is 5.33. The molecule has 0 aliphatic heterocycles. The van der Waals surface area contributed by atoms with E-state index >= 15 is 0 Å². The molecular weight excluding hydrogens is 258 g/mol. The minimum Gasteiger partial charge on any atom is -0.386 e. The van der Waals surface area contributed by atoms with Crippen molar-refractivity contribution in [3.63, 3.8) is 0 Å². The number of aliphatic imine (C=N–C) groups is 1. The van der Waals surface area contributed by atoms with Gasteiger partial charge in [0, 0.05) is 19.0 Å². The Bertz CT molecular complexity index is 637. The maximum absolute atomic E-state index is 9.07. The molecule has 1 N–H and O–H groups in total. The highest BCUT2D eigenvalue weighted by Crippen LogP contribution is 2.00. The Morgan fingerprint density at radius 1 is 1.00 bits per heavy atom. The summed E-state index contributed by atoms with van der Waals surface area (Å²) in [5.41, 5.74) is 2.82. The van der Waals surface area contributed by atoms with E-state index < -0.39 is 0 Å². The zero-order valence-electron chi connectivity index (χ0n) is 11.7. The van der Waals surface area contributed by atoms with Gasteiger partial charge < -0.3 is 5.32 Å². The van der Waals surface area contributed by atoms with Gasteiger partial charge in [-0.25, -0.2) is 0 Å². The smallest absolute Gasteiger partial charge is 0.102 e. The van der Waals surface area contributed by atoms with Gasteiger partial charge in [-0.15, -0.1) is 0 Å². The molecule has 104 valence electrons. The summed E-state index contributed by atoms with van der Waals surface area (Å²) in [4.78, 5) is 4.28. The van der Waals surface area contributed by atoms with Crippen LogP contribution >= 0.6 is 0 Å². The lowest BCUT2D eigenvalue weighted by molar-refractivity contribution is 0.868. The van der Waals surface area contributed by atoms with Gasteiger partial charge in [-0.3, -0.25) is 4.99 Å². The molecule has 0 saturated heterocycles. The van der Waals surface area contributed by atoms with Crippen molar-refractivity contribution in [2.75, 3.05) is 0 Å².